The molecule has 5 aromatic heterocycles. The normalized spacial score (nSPS) is 14.9. The Morgan fingerprint density at radius 2 is 1.04 bits per heavy atom. The van der Waals surface area contributed by atoms with Crippen molar-refractivity contribution in [2.75, 3.05) is 62.4 Å². The highest BCUT2D eigenvalue weighted by Crippen LogP contribution is 2.44. The van der Waals surface area contributed by atoms with Crippen molar-refractivity contribution in [2.24, 2.45) is 4.99 Å². The minimum atomic E-state index is -0.817. The average molecular weight is 922 g/mol. The van der Waals surface area contributed by atoms with E-state index in [1.54, 1.807) is 12.7 Å². The van der Waals surface area contributed by atoms with Gasteiger partial charge in [-0.2, -0.15) is 5.10 Å². The molecular weight excluding hydrogens is 867 g/mol. The van der Waals surface area contributed by atoms with Crippen LogP contribution in [0.2, 0.25) is 0 Å². The van der Waals surface area contributed by atoms with Crippen LogP contribution in [0.1, 0.15) is 61.2 Å². The molecule has 3 aromatic carbocycles. The summed E-state index contributed by atoms with van der Waals surface area (Å²) in [4.78, 5) is 36.5. The molecule has 2 fully saturated rings. The molecule has 8 aromatic rings. The van der Waals surface area contributed by atoms with Gasteiger partial charge in [-0.25, -0.2) is 34.6 Å². The fourth-order valence-corrected chi connectivity index (χ4v) is 9.12. The van der Waals surface area contributed by atoms with Gasteiger partial charge < -0.3 is 28.7 Å². The zero-order valence-electron chi connectivity index (χ0n) is 39.4. The Bertz CT molecular complexity index is 2930. The van der Waals surface area contributed by atoms with Crippen LogP contribution in [0.4, 0.5) is 11.6 Å². The summed E-state index contributed by atoms with van der Waals surface area (Å²) in [6.07, 6.45) is 7.00. The SMILES string of the molecule is CC(C)Oc1cc2c(-c3cc(N4CCOCC4)ncn3)nn(C(c3ccccc3)(c3ccccc3)c3ccccc3)c2cn1.CC(C)Oc1cc2c(cn1)CN=C2c1cc(N2CCOCC2)ncn1. The number of anilines is 2. The van der Waals surface area contributed by atoms with Gasteiger partial charge in [-0.1, -0.05) is 91.0 Å². The van der Waals surface area contributed by atoms with Crippen molar-refractivity contribution in [1.82, 2.24) is 39.7 Å². The number of rotatable bonds is 12. The average Bonchev–Trinajstić information content (AvgIpc) is 4.00. The lowest BCUT2D eigenvalue weighted by atomic mass is 9.77. The Kier molecular flexibility index (Phi) is 13.3. The summed E-state index contributed by atoms with van der Waals surface area (Å²) in [6, 6.07) is 39.6. The van der Waals surface area contributed by atoms with Crippen LogP contribution in [-0.4, -0.2) is 110 Å². The van der Waals surface area contributed by atoms with Crippen LogP contribution >= 0.6 is 0 Å². The Morgan fingerprint density at radius 3 is 1.58 bits per heavy atom. The number of aliphatic imine (C=N–C) groups is 1. The van der Waals surface area contributed by atoms with Gasteiger partial charge in [0.05, 0.1) is 74.0 Å². The number of pyridine rings is 2. The standard InChI is InChI=1S/C36H34N6O2.C18H21N5O2/c1-26(2)44-34-22-30-32(24-37-34)42(40-35(30)31-23-33(39-25-38-31)41-18-20-43-21-19-41)36(27-12-6-3-7-13-27,28-14-8-4-9-15-28)29-16-10-5-11-17-29;1-12(2)25-17-7-14-13(9-19-17)10-20-18(14)15-8-16(22-11-21-15)23-3-5-24-6-4-23/h3-17,22-26H,18-21H2,1-2H3;7-9,11-12H,3-6,10H2,1-2H3. The van der Waals surface area contributed by atoms with Crippen molar-refractivity contribution >= 4 is 28.3 Å². The fraction of sp³-hybridized carbons (Fsp3) is 0.296. The maximum absolute atomic E-state index is 6.08. The molecule has 0 atom stereocenters. The van der Waals surface area contributed by atoms with Crippen molar-refractivity contribution in [3.05, 3.63) is 174 Å². The maximum Gasteiger partial charge on any atom is 0.214 e. The Balaban J connectivity index is 0.000000187. The largest absolute Gasteiger partial charge is 0.475 e. The molecule has 0 radical (unpaired) electrons. The van der Waals surface area contributed by atoms with Crippen LogP contribution in [0.25, 0.3) is 22.3 Å². The lowest BCUT2D eigenvalue weighted by molar-refractivity contribution is 0.122. The topological polar surface area (TPSA) is 151 Å². The van der Waals surface area contributed by atoms with Gasteiger partial charge in [0.25, 0.3) is 0 Å². The van der Waals surface area contributed by atoms with E-state index in [0.29, 0.717) is 31.5 Å². The summed E-state index contributed by atoms with van der Waals surface area (Å²) in [5.41, 5.74) is 8.58. The molecule has 11 rings (SSSR count). The third-order valence-electron chi connectivity index (χ3n) is 12.2. The fourth-order valence-electron chi connectivity index (χ4n) is 9.12. The number of ether oxygens (including phenoxy) is 4. The van der Waals surface area contributed by atoms with Gasteiger partial charge in [0.2, 0.25) is 11.8 Å². The summed E-state index contributed by atoms with van der Waals surface area (Å²) in [5, 5.41) is 6.35. The molecule has 0 amide bonds. The van der Waals surface area contributed by atoms with E-state index in [9.17, 15) is 0 Å². The quantitative estimate of drug-likeness (QED) is 0.108. The number of hydrogen-bond acceptors (Lipinski definition) is 14. The maximum atomic E-state index is 6.08. The van der Waals surface area contributed by atoms with E-state index >= 15 is 0 Å². The molecule has 15 nitrogen and oxygen atoms in total. The number of nitrogens with zero attached hydrogens (tertiary/aromatic N) is 11. The smallest absolute Gasteiger partial charge is 0.214 e. The summed E-state index contributed by atoms with van der Waals surface area (Å²) in [7, 11) is 0. The van der Waals surface area contributed by atoms with Crippen LogP contribution < -0.4 is 19.3 Å². The molecule has 0 spiro atoms. The Morgan fingerprint density at radius 1 is 0.551 bits per heavy atom. The van der Waals surface area contributed by atoms with Gasteiger partial charge in [0.15, 0.2) is 0 Å². The molecule has 350 valence electrons. The lowest BCUT2D eigenvalue weighted by Gasteiger charge is -2.37. The van der Waals surface area contributed by atoms with Gasteiger partial charge in [-0.15, -0.1) is 0 Å². The van der Waals surface area contributed by atoms with Crippen molar-refractivity contribution in [1.29, 1.82) is 0 Å². The van der Waals surface area contributed by atoms with Crippen LogP contribution in [0.15, 0.2) is 145 Å². The summed E-state index contributed by atoms with van der Waals surface area (Å²) in [6.45, 7) is 14.6. The van der Waals surface area contributed by atoms with Crippen LogP contribution in [0, 0.1) is 0 Å². The molecule has 0 N–H and O–H groups in total. The lowest BCUT2D eigenvalue weighted by Crippen LogP contribution is -2.38. The van der Waals surface area contributed by atoms with Gasteiger partial charge in [0, 0.05) is 73.2 Å². The molecule has 2 saturated heterocycles. The molecule has 0 unspecified atom stereocenters. The van der Waals surface area contributed by atoms with Gasteiger partial charge >= 0.3 is 0 Å². The van der Waals surface area contributed by atoms with Crippen LogP contribution in [0.3, 0.4) is 0 Å². The monoisotopic (exact) mass is 921 g/mol. The second-order valence-electron chi connectivity index (χ2n) is 17.5. The molecular formula is C54H55N11O4. The van der Waals surface area contributed by atoms with E-state index in [4.69, 9.17) is 34.0 Å². The van der Waals surface area contributed by atoms with E-state index in [1.807, 2.05) is 82.6 Å². The number of fused-ring (bicyclic) bond motifs is 2. The molecule has 69 heavy (non-hydrogen) atoms. The van der Waals surface area contributed by atoms with Crippen molar-refractivity contribution in [3.8, 4) is 23.1 Å². The molecule has 8 heterocycles. The van der Waals surface area contributed by atoms with E-state index in [-0.39, 0.29) is 12.2 Å². The first-order chi connectivity index (χ1) is 33.8. The molecule has 3 aliphatic heterocycles. The number of hydrogen-bond donors (Lipinski definition) is 0. The molecule has 3 aliphatic rings. The number of morpholine rings is 2. The highest BCUT2D eigenvalue weighted by atomic mass is 16.5. The first-order valence-corrected chi connectivity index (χ1v) is 23.6. The highest BCUT2D eigenvalue weighted by molar-refractivity contribution is 6.14. The molecule has 15 heteroatoms. The third-order valence-corrected chi connectivity index (χ3v) is 12.2. The molecule has 0 aliphatic carbocycles. The van der Waals surface area contributed by atoms with E-state index in [0.717, 1.165) is 113 Å². The van der Waals surface area contributed by atoms with Crippen molar-refractivity contribution < 1.29 is 18.9 Å². The van der Waals surface area contributed by atoms with E-state index < -0.39 is 5.54 Å². The number of benzene rings is 3. The minimum absolute atomic E-state index is 0.0255. The third kappa shape index (κ3) is 9.47. The molecule has 0 saturated carbocycles. The highest BCUT2D eigenvalue weighted by Gasteiger charge is 2.41. The van der Waals surface area contributed by atoms with Crippen LogP contribution in [-0.2, 0) is 21.6 Å². The Labute approximate surface area is 401 Å². The first kappa shape index (κ1) is 45.2. The second kappa shape index (κ2) is 20.3. The van der Waals surface area contributed by atoms with Gasteiger partial charge in [-0.05, 0) is 44.4 Å². The Hall–Kier alpha value is -7.62. The zero-order chi connectivity index (χ0) is 47.2. The van der Waals surface area contributed by atoms with E-state index in [2.05, 4.69) is 112 Å². The predicted molar refractivity (Wildman–Crippen MR) is 266 cm³/mol. The minimum Gasteiger partial charge on any atom is -0.475 e. The predicted octanol–water partition coefficient (Wildman–Crippen LogP) is 8.20. The summed E-state index contributed by atoms with van der Waals surface area (Å²) in [5.74, 6) is 2.93. The zero-order valence-corrected chi connectivity index (χ0v) is 39.4. The number of aromatic nitrogens is 8. The van der Waals surface area contributed by atoms with E-state index in [1.165, 1.54) is 0 Å². The first-order valence-electron chi connectivity index (χ1n) is 23.6. The molecule has 0 bridgehead atoms. The van der Waals surface area contributed by atoms with Crippen LogP contribution in [0.5, 0.6) is 11.8 Å². The van der Waals surface area contributed by atoms with Gasteiger partial charge in [0.1, 0.15) is 35.5 Å². The summed E-state index contributed by atoms with van der Waals surface area (Å²) >= 11 is 0. The van der Waals surface area contributed by atoms with Gasteiger partial charge in [-0.3, -0.25) is 4.99 Å². The summed E-state index contributed by atoms with van der Waals surface area (Å²) < 4.78 is 24.9. The van der Waals surface area contributed by atoms with Crippen molar-refractivity contribution in [2.45, 2.75) is 52.0 Å². The van der Waals surface area contributed by atoms with Crippen molar-refractivity contribution in [3.63, 3.8) is 0 Å². The second-order valence-corrected chi connectivity index (χ2v) is 17.5.